The van der Waals surface area contributed by atoms with Crippen molar-refractivity contribution in [1.29, 1.82) is 0 Å². The number of nitro groups is 1. The zero-order chi connectivity index (χ0) is 18.7. The summed E-state index contributed by atoms with van der Waals surface area (Å²) in [5, 5.41) is 14.3. The molecule has 6 nitrogen and oxygen atoms in total. The fourth-order valence-corrected chi connectivity index (χ4v) is 3.92. The van der Waals surface area contributed by atoms with Crippen molar-refractivity contribution in [3.63, 3.8) is 0 Å². The molecule has 3 rings (SSSR count). The van der Waals surface area contributed by atoms with Crippen LogP contribution in [0.15, 0.2) is 36.4 Å². The monoisotopic (exact) mass is 459 g/mol. The van der Waals surface area contributed by atoms with Crippen molar-refractivity contribution in [3.05, 3.63) is 57.0 Å². The van der Waals surface area contributed by atoms with E-state index >= 15 is 0 Å². The molecule has 0 saturated carbocycles. The summed E-state index contributed by atoms with van der Waals surface area (Å²) in [4.78, 5) is 13.5. The Hall–Kier alpha value is -1.59. The van der Waals surface area contributed by atoms with Gasteiger partial charge in [-0.2, -0.15) is 0 Å². The van der Waals surface area contributed by atoms with E-state index in [2.05, 4.69) is 15.0 Å². The minimum absolute atomic E-state index is 0. The van der Waals surface area contributed by atoms with Crippen molar-refractivity contribution in [2.45, 2.75) is 12.4 Å². The van der Waals surface area contributed by atoms with Crippen molar-refractivity contribution >= 4 is 41.2 Å². The van der Waals surface area contributed by atoms with Crippen LogP contribution in [0.25, 0.3) is 0 Å². The number of piperazine rings is 1. The molecule has 12 heteroatoms. The Morgan fingerprint density at radius 2 is 1.71 bits per heavy atom. The highest BCUT2D eigenvalue weighted by Crippen LogP contribution is 2.37. The summed E-state index contributed by atoms with van der Waals surface area (Å²) in [6.45, 7) is 3.02. The highest BCUT2D eigenvalue weighted by atomic mass is 35.5. The molecule has 1 atom stereocenters. The molecular formula is C16H18Cl2F3N3O3S. The van der Waals surface area contributed by atoms with Gasteiger partial charge in [-0.25, -0.2) is 0 Å². The molecule has 1 aliphatic rings. The summed E-state index contributed by atoms with van der Waals surface area (Å²) in [7, 11) is 0. The molecule has 1 saturated heterocycles. The smallest absolute Gasteiger partial charge is 0.406 e. The Morgan fingerprint density at radius 1 is 1.11 bits per heavy atom. The SMILES string of the molecule is Cl.Cl.O=[N+]([O-])c1ccc([C@H](c2ccc(OC(F)(F)F)cc2)N2CCNCC2)s1. The van der Waals surface area contributed by atoms with E-state index in [4.69, 9.17) is 0 Å². The molecule has 1 aromatic heterocycles. The summed E-state index contributed by atoms with van der Waals surface area (Å²) in [5.74, 6) is -0.294. The van der Waals surface area contributed by atoms with E-state index in [1.165, 1.54) is 18.2 Å². The summed E-state index contributed by atoms with van der Waals surface area (Å²) in [6.07, 6.45) is -4.74. The third kappa shape index (κ3) is 6.21. The van der Waals surface area contributed by atoms with Crippen LogP contribution in [-0.4, -0.2) is 42.4 Å². The van der Waals surface area contributed by atoms with Crippen LogP contribution in [0, 0.1) is 10.1 Å². The third-order valence-electron chi connectivity index (χ3n) is 4.01. The lowest BCUT2D eigenvalue weighted by Crippen LogP contribution is -2.45. The minimum Gasteiger partial charge on any atom is -0.406 e. The maximum Gasteiger partial charge on any atom is 0.573 e. The van der Waals surface area contributed by atoms with Gasteiger partial charge in [0.2, 0.25) is 0 Å². The van der Waals surface area contributed by atoms with Gasteiger partial charge in [-0.05, 0) is 23.8 Å². The molecule has 1 aromatic carbocycles. The Kier molecular flexibility index (Phi) is 8.96. The van der Waals surface area contributed by atoms with Gasteiger partial charge in [-0.3, -0.25) is 15.0 Å². The quantitative estimate of drug-likeness (QED) is 0.530. The molecule has 2 heterocycles. The zero-order valence-electron chi connectivity index (χ0n) is 14.3. The first-order valence-corrected chi connectivity index (χ1v) is 8.70. The number of halogens is 5. The van der Waals surface area contributed by atoms with Gasteiger partial charge >= 0.3 is 11.4 Å². The van der Waals surface area contributed by atoms with Crippen LogP contribution in [0.5, 0.6) is 5.75 Å². The molecule has 0 amide bonds. The molecule has 0 spiro atoms. The third-order valence-corrected chi connectivity index (χ3v) is 5.10. The van der Waals surface area contributed by atoms with Crippen LogP contribution in [0.2, 0.25) is 0 Å². The molecule has 28 heavy (non-hydrogen) atoms. The summed E-state index contributed by atoms with van der Waals surface area (Å²) < 4.78 is 40.9. The van der Waals surface area contributed by atoms with Gasteiger partial charge in [0.25, 0.3) is 0 Å². The molecule has 0 radical (unpaired) electrons. The minimum atomic E-state index is -4.74. The predicted octanol–water partition coefficient (Wildman–Crippen LogP) is 4.39. The number of benzene rings is 1. The summed E-state index contributed by atoms with van der Waals surface area (Å²) in [6, 6.07) is 8.57. The van der Waals surface area contributed by atoms with Crippen molar-refractivity contribution in [3.8, 4) is 5.75 Å². The number of thiophene rings is 1. The van der Waals surface area contributed by atoms with Crippen LogP contribution in [0.1, 0.15) is 16.5 Å². The summed E-state index contributed by atoms with van der Waals surface area (Å²) >= 11 is 1.08. The fraction of sp³-hybridized carbons (Fsp3) is 0.375. The van der Waals surface area contributed by atoms with Crippen molar-refractivity contribution < 1.29 is 22.8 Å². The lowest BCUT2D eigenvalue weighted by molar-refractivity contribution is -0.380. The van der Waals surface area contributed by atoms with E-state index in [9.17, 15) is 23.3 Å². The van der Waals surface area contributed by atoms with Crippen molar-refractivity contribution in [1.82, 2.24) is 10.2 Å². The topological polar surface area (TPSA) is 67.6 Å². The largest absolute Gasteiger partial charge is 0.573 e. The normalized spacial score (nSPS) is 15.8. The molecule has 1 aliphatic heterocycles. The second kappa shape index (κ2) is 10.3. The highest BCUT2D eigenvalue weighted by molar-refractivity contribution is 7.15. The van der Waals surface area contributed by atoms with Gasteiger partial charge in [0.1, 0.15) is 5.75 Å². The number of nitrogens with one attached hydrogen (secondary N) is 1. The Bertz CT molecular complexity index is 768. The predicted molar refractivity (Wildman–Crippen MR) is 105 cm³/mol. The number of nitrogens with zero attached hydrogens (tertiary/aromatic N) is 2. The summed E-state index contributed by atoms with van der Waals surface area (Å²) in [5.41, 5.74) is 0.762. The van der Waals surface area contributed by atoms with E-state index in [1.54, 1.807) is 18.2 Å². The first-order chi connectivity index (χ1) is 12.3. The van der Waals surface area contributed by atoms with Gasteiger partial charge in [0, 0.05) is 37.1 Å². The van der Waals surface area contributed by atoms with E-state index in [0.717, 1.165) is 48.0 Å². The van der Waals surface area contributed by atoms with E-state index in [-0.39, 0.29) is 41.6 Å². The van der Waals surface area contributed by atoms with Crippen LogP contribution in [0.4, 0.5) is 18.2 Å². The first-order valence-electron chi connectivity index (χ1n) is 7.88. The Morgan fingerprint density at radius 3 is 2.21 bits per heavy atom. The highest BCUT2D eigenvalue weighted by Gasteiger charge is 2.31. The van der Waals surface area contributed by atoms with E-state index < -0.39 is 11.3 Å². The average molecular weight is 460 g/mol. The van der Waals surface area contributed by atoms with Crippen molar-refractivity contribution in [2.24, 2.45) is 0 Å². The van der Waals surface area contributed by atoms with Crippen LogP contribution < -0.4 is 10.1 Å². The van der Waals surface area contributed by atoms with E-state index in [0.29, 0.717) is 0 Å². The van der Waals surface area contributed by atoms with Gasteiger partial charge in [-0.1, -0.05) is 23.5 Å². The molecule has 0 unspecified atom stereocenters. The van der Waals surface area contributed by atoms with Gasteiger partial charge in [-0.15, -0.1) is 38.0 Å². The maximum absolute atomic E-state index is 12.3. The van der Waals surface area contributed by atoms with Crippen LogP contribution in [0.3, 0.4) is 0 Å². The molecule has 0 aliphatic carbocycles. The lowest BCUT2D eigenvalue weighted by Gasteiger charge is -2.34. The van der Waals surface area contributed by atoms with Gasteiger partial charge in [0.05, 0.1) is 11.0 Å². The molecule has 1 N–H and O–H groups in total. The van der Waals surface area contributed by atoms with Crippen LogP contribution in [-0.2, 0) is 0 Å². The number of hydrogen-bond donors (Lipinski definition) is 1. The number of rotatable bonds is 5. The zero-order valence-corrected chi connectivity index (χ0v) is 16.8. The molecular weight excluding hydrogens is 442 g/mol. The molecule has 0 bridgehead atoms. The Labute approximate surface area is 175 Å². The maximum atomic E-state index is 12.3. The van der Waals surface area contributed by atoms with Gasteiger partial charge in [0.15, 0.2) is 0 Å². The number of alkyl halides is 3. The molecule has 156 valence electrons. The van der Waals surface area contributed by atoms with E-state index in [1.807, 2.05) is 0 Å². The fourth-order valence-electron chi connectivity index (χ4n) is 2.93. The standard InChI is InChI=1S/C16H16F3N3O3S.2ClH/c17-16(18,19)25-12-3-1-11(2-4-12)15(21-9-7-20-8-10-21)13-5-6-14(26-13)22(23)24;;/h1-6,15,20H,7-10H2;2*1H/t15-;;/m0../s1. The van der Waals surface area contributed by atoms with Crippen molar-refractivity contribution in [2.75, 3.05) is 26.2 Å². The van der Waals surface area contributed by atoms with Gasteiger partial charge < -0.3 is 10.1 Å². The second-order valence-corrected chi connectivity index (χ2v) is 6.83. The molecule has 1 fully saturated rings. The second-order valence-electron chi connectivity index (χ2n) is 5.74. The number of ether oxygens (including phenoxy) is 1. The number of hydrogen-bond acceptors (Lipinski definition) is 6. The Balaban J connectivity index is 0.00000196. The van der Waals surface area contributed by atoms with Crippen LogP contribution >= 0.6 is 36.2 Å². The average Bonchev–Trinajstić information content (AvgIpc) is 3.06. The first kappa shape index (κ1) is 24.4. The molecule has 2 aromatic rings. The lowest BCUT2D eigenvalue weighted by atomic mass is 10.0.